The van der Waals surface area contributed by atoms with E-state index in [0.29, 0.717) is 31.1 Å². The predicted octanol–water partition coefficient (Wildman–Crippen LogP) is 0.122. The molecule has 0 aromatic carbocycles. The van der Waals surface area contributed by atoms with Crippen LogP contribution in [0.4, 0.5) is 0 Å². The summed E-state index contributed by atoms with van der Waals surface area (Å²) in [6.07, 6.45) is -0.328. The molecule has 0 aliphatic carbocycles. The van der Waals surface area contributed by atoms with Crippen molar-refractivity contribution in [2.24, 2.45) is 0 Å². The summed E-state index contributed by atoms with van der Waals surface area (Å²) in [6, 6.07) is 1.66. The molecule has 0 bridgehead atoms. The number of carbonyl (C=O) groups excluding carboxylic acids is 1. The minimum absolute atomic E-state index is 0.0800. The van der Waals surface area contributed by atoms with Crippen molar-refractivity contribution in [2.45, 2.75) is 20.0 Å². The largest absolute Gasteiger partial charge is 0.392 e. The predicted molar refractivity (Wildman–Crippen MR) is 65.3 cm³/mol. The standard InChI is InChI=1S/C12H19N3O3/c1-9(16)8-14-3-5-15(6-4-14)12(17)11-7-10(2)18-13-11/h7,9,16H,3-6,8H2,1-2H3/t9-/m1/s1. The van der Waals surface area contributed by atoms with Crippen LogP contribution in [0.2, 0.25) is 0 Å². The Labute approximate surface area is 106 Å². The van der Waals surface area contributed by atoms with E-state index >= 15 is 0 Å². The Bertz CT molecular complexity index is 408. The molecule has 1 fully saturated rings. The average molecular weight is 253 g/mol. The average Bonchev–Trinajstić information content (AvgIpc) is 2.75. The highest BCUT2D eigenvalue weighted by atomic mass is 16.5. The highest BCUT2D eigenvalue weighted by Crippen LogP contribution is 2.09. The van der Waals surface area contributed by atoms with Gasteiger partial charge in [-0.1, -0.05) is 5.16 Å². The summed E-state index contributed by atoms with van der Waals surface area (Å²) in [6.45, 7) is 7.10. The lowest BCUT2D eigenvalue weighted by Crippen LogP contribution is -2.50. The smallest absolute Gasteiger partial charge is 0.276 e. The van der Waals surface area contributed by atoms with Gasteiger partial charge >= 0.3 is 0 Å². The number of aliphatic hydroxyl groups is 1. The third-order valence-electron chi connectivity index (χ3n) is 3.03. The molecule has 1 amide bonds. The SMILES string of the molecule is Cc1cc(C(=O)N2CCN(C[C@@H](C)O)CC2)no1. The topological polar surface area (TPSA) is 69.8 Å². The zero-order valence-electron chi connectivity index (χ0n) is 10.8. The fourth-order valence-corrected chi connectivity index (χ4v) is 2.14. The number of aryl methyl sites for hydroxylation is 1. The van der Waals surface area contributed by atoms with Gasteiger partial charge in [0.2, 0.25) is 0 Å². The van der Waals surface area contributed by atoms with Crippen LogP contribution >= 0.6 is 0 Å². The Morgan fingerprint density at radius 2 is 2.17 bits per heavy atom. The van der Waals surface area contributed by atoms with E-state index in [2.05, 4.69) is 10.1 Å². The zero-order valence-corrected chi connectivity index (χ0v) is 10.8. The van der Waals surface area contributed by atoms with Gasteiger partial charge in [-0.25, -0.2) is 0 Å². The number of aliphatic hydroxyl groups excluding tert-OH is 1. The molecule has 0 saturated carbocycles. The van der Waals surface area contributed by atoms with Gasteiger partial charge in [0.05, 0.1) is 6.10 Å². The van der Waals surface area contributed by atoms with Crippen LogP contribution in [0.5, 0.6) is 0 Å². The molecule has 6 heteroatoms. The Balaban J connectivity index is 1.88. The molecular formula is C12H19N3O3. The lowest BCUT2D eigenvalue weighted by molar-refractivity contribution is 0.0546. The first-order valence-electron chi connectivity index (χ1n) is 6.19. The van der Waals surface area contributed by atoms with Crippen LogP contribution in [0.3, 0.4) is 0 Å². The molecule has 0 unspecified atom stereocenters. The lowest BCUT2D eigenvalue weighted by Gasteiger charge is -2.34. The van der Waals surface area contributed by atoms with Crippen LogP contribution in [0, 0.1) is 6.92 Å². The Hall–Kier alpha value is -1.40. The first-order valence-corrected chi connectivity index (χ1v) is 6.19. The molecular weight excluding hydrogens is 234 g/mol. The number of amides is 1. The maximum Gasteiger partial charge on any atom is 0.276 e. The number of carbonyl (C=O) groups is 1. The van der Waals surface area contributed by atoms with Crippen LogP contribution in [-0.4, -0.2) is 64.8 Å². The second-order valence-electron chi connectivity index (χ2n) is 4.76. The van der Waals surface area contributed by atoms with Crippen molar-refractivity contribution in [1.29, 1.82) is 0 Å². The van der Waals surface area contributed by atoms with E-state index in [9.17, 15) is 9.90 Å². The number of hydrogen-bond acceptors (Lipinski definition) is 5. The normalized spacial score (nSPS) is 18.9. The molecule has 0 spiro atoms. The summed E-state index contributed by atoms with van der Waals surface area (Å²) in [5.41, 5.74) is 0.372. The molecule has 0 radical (unpaired) electrons. The summed E-state index contributed by atoms with van der Waals surface area (Å²) in [5, 5.41) is 13.1. The fourth-order valence-electron chi connectivity index (χ4n) is 2.14. The molecule has 1 aromatic rings. The van der Waals surface area contributed by atoms with E-state index in [1.54, 1.807) is 24.8 Å². The molecule has 1 aromatic heterocycles. The van der Waals surface area contributed by atoms with Gasteiger partial charge in [0.1, 0.15) is 5.76 Å². The van der Waals surface area contributed by atoms with Crippen molar-refractivity contribution in [2.75, 3.05) is 32.7 Å². The van der Waals surface area contributed by atoms with E-state index < -0.39 is 0 Å². The maximum atomic E-state index is 12.1. The van der Waals surface area contributed by atoms with Crippen molar-refractivity contribution in [1.82, 2.24) is 15.0 Å². The number of hydrogen-bond donors (Lipinski definition) is 1. The number of nitrogens with zero attached hydrogens (tertiary/aromatic N) is 3. The third kappa shape index (κ3) is 3.08. The second kappa shape index (κ2) is 5.49. The van der Waals surface area contributed by atoms with Gasteiger partial charge in [-0.15, -0.1) is 0 Å². The molecule has 6 nitrogen and oxygen atoms in total. The van der Waals surface area contributed by atoms with Crippen molar-refractivity contribution in [3.63, 3.8) is 0 Å². The number of β-amino-alcohol motifs (C(OH)–C–C–N with tert-alkyl or cyclic N) is 1. The van der Waals surface area contributed by atoms with Gasteiger partial charge in [0.25, 0.3) is 5.91 Å². The zero-order chi connectivity index (χ0) is 13.1. The fraction of sp³-hybridized carbons (Fsp3) is 0.667. The van der Waals surface area contributed by atoms with Gasteiger partial charge < -0.3 is 14.5 Å². The van der Waals surface area contributed by atoms with Crippen LogP contribution < -0.4 is 0 Å². The molecule has 1 N–H and O–H groups in total. The summed E-state index contributed by atoms with van der Waals surface area (Å²) in [5.74, 6) is 0.564. The number of aromatic nitrogens is 1. The maximum absolute atomic E-state index is 12.1. The van der Waals surface area contributed by atoms with Gasteiger partial charge in [0, 0.05) is 38.8 Å². The minimum Gasteiger partial charge on any atom is -0.392 e. The Morgan fingerprint density at radius 1 is 1.50 bits per heavy atom. The van der Waals surface area contributed by atoms with E-state index in [-0.39, 0.29) is 12.0 Å². The Kier molecular flexibility index (Phi) is 3.98. The van der Waals surface area contributed by atoms with Gasteiger partial charge in [-0.3, -0.25) is 9.69 Å². The van der Waals surface area contributed by atoms with E-state index in [0.717, 1.165) is 13.1 Å². The summed E-state index contributed by atoms with van der Waals surface area (Å²) >= 11 is 0. The third-order valence-corrected chi connectivity index (χ3v) is 3.03. The first-order chi connectivity index (χ1) is 8.56. The quantitative estimate of drug-likeness (QED) is 0.828. The number of rotatable bonds is 3. The number of piperazine rings is 1. The monoisotopic (exact) mass is 253 g/mol. The van der Waals surface area contributed by atoms with Gasteiger partial charge in [-0.2, -0.15) is 0 Å². The summed E-state index contributed by atoms with van der Waals surface area (Å²) in [7, 11) is 0. The van der Waals surface area contributed by atoms with Gasteiger partial charge in [-0.05, 0) is 13.8 Å². The first kappa shape index (κ1) is 13.0. The minimum atomic E-state index is -0.328. The molecule has 2 rings (SSSR count). The van der Waals surface area contributed by atoms with Crippen LogP contribution in [0.25, 0.3) is 0 Å². The van der Waals surface area contributed by atoms with Gasteiger partial charge in [0.15, 0.2) is 5.69 Å². The van der Waals surface area contributed by atoms with E-state index in [1.165, 1.54) is 0 Å². The van der Waals surface area contributed by atoms with Crippen molar-refractivity contribution in [3.8, 4) is 0 Å². The highest BCUT2D eigenvalue weighted by Gasteiger charge is 2.24. The second-order valence-corrected chi connectivity index (χ2v) is 4.76. The molecule has 1 aliphatic heterocycles. The Morgan fingerprint density at radius 3 is 2.67 bits per heavy atom. The summed E-state index contributed by atoms with van der Waals surface area (Å²) in [4.78, 5) is 16.0. The highest BCUT2D eigenvalue weighted by molar-refractivity contribution is 5.92. The van der Waals surface area contributed by atoms with Crippen LogP contribution in [-0.2, 0) is 0 Å². The van der Waals surface area contributed by atoms with E-state index in [4.69, 9.17) is 4.52 Å². The molecule has 1 atom stereocenters. The van der Waals surface area contributed by atoms with Crippen molar-refractivity contribution < 1.29 is 14.4 Å². The molecule has 100 valence electrons. The molecule has 18 heavy (non-hydrogen) atoms. The van der Waals surface area contributed by atoms with Crippen LogP contribution in [0.15, 0.2) is 10.6 Å². The molecule has 1 saturated heterocycles. The van der Waals surface area contributed by atoms with Crippen molar-refractivity contribution >= 4 is 5.91 Å². The van der Waals surface area contributed by atoms with E-state index in [1.807, 2.05) is 0 Å². The van der Waals surface area contributed by atoms with Crippen LogP contribution in [0.1, 0.15) is 23.2 Å². The molecule has 2 heterocycles. The summed E-state index contributed by atoms with van der Waals surface area (Å²) < 4.78 is 4.91. The van der Waals surface area contributed by atoms with Crippen molar-refractivity contribution in [3.05, 3.63) is 17.5 Å². The molecule has 1 aliphatic rings. The lowest BCUT2D eigenvalue weighted by atomic mass is 10.2.